The van der Waals surface area contributed by atoms with Crippen molar-refractivity contribution in [3.05, 3.63) is 70.8 Å². The largest absolute Gasteiger partial charge is 0.497 e. The zero-order valence-electron chi connectivity index (χ0n) is 15.5. The summed E-state index contributed by atoms with van der Waals surface area (Å²) in [5.41, 5.74) is 1.96. The first kappa shape index (κ1) is 18.5. The van der Waals surface area contributed by atoms with Crippen LogP contribution in [0.4, 0.5) is 5.69 Å². The topological polar surface area (TPSA) is 68.5 Å². The lowest BCUT2D eigenvalue weighted by Crippen LogP contribution is -2.24. The molecule has 0 radical (unpaired) electrons. The third kappa shape index (κ3) is 4.02. The Hall–Kier alpha value is -2.86. The Labute approximate surface area is 168 Å². The van der Waals surface area contributed by atoms with E-state index in [1.54, 1.807) is 24.1 Å². The minimum Gasteiger partial charge on any atom is -0.497 e. The molecule has 0 aliphatic carbocycles. The number of rotatable bonds is 6. The molecular formula is C21H20ClN3O3. The maximum Gasteiger partial charge on any atom is 0.227 e. The highest BCUT2D eigenvalue weighted by atomic mass is 35.5. The van der Waals surface area contributed by atoms with Gasteiger partial charge in [-0.3, -0.25) is 4.79 Å². The van der Waals surface area contributed by atoms with E-state index in [1.165, 1.54) is 5.56 Å². The van der Waals surface area contributed by atoms with Gasteiger partial charge in [0, 0.05) is 36.0 Å². The number of carbonyl (C=O) groups excluding carboxylic acids is 1. The van der Waals surface area contributed by atoms with Gasteiger partial charge in [0.1, 0.15) is 5.75 Å². The van der Waals surface area contributed by atoms with Crippen LogP contribution in [0.25, 0.3) is 0 Å². The van der Waals surface area contributed by atoms with Crippen LogP contribution in [0.2, 0.25) is 5.02 Å². The van der Waals surface area contributed by atoms with Gasteiger partial charge in [0.15, 0.2) is 5.82 Å². The lowest BCUT2D eigenvalue weighted by Gasteiger charge is -2.16. The number of hydrogen-bond acceptors (Lipinski definition) is 5. The molecule has 1 atom stereocenters. The molecule has 1 aromatic heterocycles. The van der Waals surface area contributed by atoms with Crippen LogP contribution in [0.1, 0.15) is 29.6 Å². The number of carbonyl (C=O) groups is 1. The summed E-state index contributed by atoms with van der Waals surface area (Å²) in [4.78, 5) is 18.7. The lowest BCUT2D eigenvalue weighted by molar-refractivity contribution is -0.117. The highest BCUT2D eigenvalue weighted by molar-refractivity contribution is 6.30. The molecule has 2 heterocycles. The molecule has 2 aromatic carbocycles. The molecule has 0 unspecified atom stereocenters. The average molecular weight is 398 g/mol. The van der Waals surface area contributed by atoms with Gasteiger partial charge in [-0.05, 0) is 42.3 Å². The number of hydrogen-bond donors (Lipinski definition) is 0. The summed E-state index contributed by atoms with van der Waals surface area (Å²) in [5.74, 6) is 1.96. The summed E-state index contributed by atoms with van der Waals surface area (Å²) in [6.07, 6.45) is 1.81. The van der Waals surface area contributed by atoms with Crippen LogP contribution in [-0.2, 0) is 17.6 Å². The van der Waals surface area contributed by atoms with Gasteiger partial charge in [0.2, 0.25) is 11.8 Å². The molecule has 1 amide bonds. The second kappa shape index (κ2) is 8.02. The molecule has 0 spiro atoms. The van der Waals surface area contributed by atoms with Crippen molar-refractivity contribution in [2.75, 3.05) is 18.6 Å². The molecule has 0 N–H and O–H groups in total. The van der Waals surface area contributed by atoms with E-state index in [4.69, 9.17) is 20.9 Å². The van der Waals surface area contributed by atoms with E-state index in [1.807, 2.05) is 36.4 Å². The molecular weight excluding hydrogens is 378 g/mol. The van der Waals surface area contributed by atoms with Gasteiger partial charge in [-0.1, -0.05) is 35.0 Å². The van der Waals surface area contributed by atoms with Gasteiger partial charge < -0.3 is 14.2 Å². The minimum atomic E-state index is -0.0787. The Bertz CT molecular complexity index is 971. The number of methoxy groups -OCH3 is 1. The average Bonchev–Trinajstić information content (AvgIpc) is 3.33. The normalized spacial score (nSPS) is 16.6. The van der Waals surface area contributed by atoms with E-state index in [-0.39, 0.29) is 11.8 Å². The van der Waals surface area contributed by atoms with Crippen molar-refractivity contribution in [1.29, 1.82) is 0 Å². The predicted molar refractivity (Wildman–Crippen MR) is 106 cm³/mol. The summed E-state index contributed by atoms with van der Waals surface area (Å²) in [7, 11) is 1.65. The Morgan fingerprint density at radius 2 is 2.04 bits per heavy atom. The minimum absolute atomic E-state index is 0.0387. The maximum absolute atomic E-state index is 12.4. The van der Waals surface area contributed by atoms with Crippen LogP contribution in [0.3, 0.4) is 0 Å². The molecule has 0 saturated carbocycles. The molecule has 0 bridgehead atoms. The van der Waals surface area contributed by atoms with Crippen LogP contribution in [0.5, 0.6) is 5.75 Å². The number of halogens is 1. The van der Waals surface area contributed by atoms with Crippen molar-refractivity contribution < 1.29 is 14.1 Å². The van der Waals surface area contributed by atoms with Crippen molar-refractivity contribution in [2.24, 2.45) is 0 Å². The Kier molecular flexibility index (Phi) is 5.30. The first-order valence-electron chi connectivity index (χ1n) is 9.14. The third-order valence-electron chi connectivity index (χ3n) is 4.88. The zero-order valence-corrected chi connectivity index (χ0v) is 16.2. The second-order valence-corrected chi connectivity index (χ2v) is 7.22. The molecule has 1 fully saturated rings. The monoisotopic (exact) mass is 397 g/mol. The van der Waals surface area contributed by atoms with Crippen LogP contribution in [0.15, 0.2) is 53.1 Å². The van der Waals surface area contributed by atoms with Crippen LogP contribution < -0.4 is 9.64 Å². The molecule has 1 aliphatic rings. The van der Waals surface area contributed by atoms with Crippen molar-refractivity contribution in [2.45, 2.75) is 25.2 Å². The highest BCUT2D eigenvalue weighted by Crippen LogP contribution is 2.31. The fraction of sp³-hybridized carbons (Fsp3) is 0.286. The standard InChI is InChI=1S/C21H20ClN3O3/c1-27-18-8-5-14(6-9-18)7-10-19-23-21(24-28-19)15-11-20(26)25(13-15)17-4-2-3-16(22)12-17/h2-6,8-9,12,15H,7,10-11,13H2,1H3/t15-/m1/s1. The summed E-state index contributed by atoms with van der Waals surface area (Å²) >= 11 is 6.05. The number of nitrogens with zero attached hydrogens (tertiary/aromatic N) is 3. The second-order valence-electron chi connectivity index (χ2n) is 6.78. The number of aromatic nitrogens is 2. The van der Waals surface area contributed by atoms with Gasteiger partial charge in [-0.2, -0.15) is 4.98 Å². The number of aryl methyl sites for hydroxylation is 2. The smallest absolute Gasteiger partial charge is 0.227 e. The maximum atomic E-state index is 12.4. The Morgan fingerprint density at radius 3 is 2.79 bits per heavy atom. The van der Waals surface area contributed by atoms with E-state index in [2.05, 4.69) is 10.1 Å². The van der Waals surface area contributed by atoms with Crippen molar-refractivity contribution in [3.8, 4) is 5.75 Å². The third-order valence-corrected chi connectivity index (χ3v) is 5.12. The number of benzene rings is 2. The van der Waals surface area contributed by atoms with Gasteiger partial charge in [-0.15, -0.1) is 0 Å². The Balaban J connectivity index is 1.39. The summed E-state index contributed by atoms with van der Waals surface area (Å²) < 4.78 is 10.6. The van der Waals surface area contributed by atoms with E-state index < -0.39 is 0 Å². The van der Waals surface area contributed by atoms with Gasteiger partial charge in [0.05, 0.1) is 7.11 Å². The zero-order chi connectivity index (χ0) is 19.5. The molecule has 6 nitrogen and oxygen atoms in total. The van der Waals surface area contributed by atoms with Crippen LogP contribution in [0, 0.1) is 0 Å². The molecule has 3 aromatic rings. The van der Waals surface area contributed by atoms with E-state index in [0.29, 0.717) is 36.1 Å². The number of anilines is 1. The van der Waals surface area contributed by atoms with E-state index in [9.17, 15) is 4.79 Å². The molecule has 7 heteroatoms. The predicted octanol–water partition coefficient (Wildman–Crippen LogP) is 4.04. The van der Waals surface area contributed by atoms with Gasteiger partial charge >= 0.3 is 0 Å². The summed E-state index contributed by atoms with van der Waals surface area (Å²) in [6.45, 7) is 0.524. The Morgan fingerprint density at radius 1 is 1.21 bits per heavy atom. The SMILES string of the molecule is COc1ccc(CCc2nc([C@@H]3CC(=O)N(c4cccc(Cl)c4)C3)no2)cc1. The van der Waals surface area contributed by atoms with Crippen molar-refractivity contribution in [1.82, 2.24) is 10.1 Å². The first-order valence-corrected chi connectivity index (χ1v) is 9.51. The van der Waals surface area contributed by atoms with E-state index >= 15 is 0 Å². The molecule has 28 heavy (non-hydrogen) atoms. The highest BCUT2D eigenvalue weighted by Gasteiger charge is 2.34. The van der Waals surface area contributed by atoms with Crippen molar-refractivity contribution >= 4 is 23.2 Å². The summed E-state index contributed by atoms with van der Waals surface area (Å²) in [5, 5.41) is 4.71. The van der Waals surface area contributed by atoms with Crippen LogP contribution in [-0.4, -0.2) is 29.7 Å². The van der Waals surface area contributed by atoms with Gasteiger partial charge in [-0.25, -0.2) is 0 Å². The molecule has 1 aliphatic heterocycles. The quantitative estimate of drug-likeness (QED) is 0.628. The molecule has 1 saturated heterocycles. The molecule has 4 rings (SSSR count). The first-order chi connectivity index (χ1) is 13.6. The summed E-state index contributed by atoms with van der Waals surface area (Å²) in [6, 6.07) is 15.2. The number of amides is 1. The van der Waals surface area contributed by atoms with Crippen molar-refractivity contribution in [3.63, 3.8) is 0 Å². The van der Waals surface area contributed by atoms with E-state index in [0.717, 1.165) is 17.9 Å². The molecule has 144 valence electrons. The fourth-order valence-corrected chi connectivity index (χ4v) is 3.54. The fourth-order valence-electron chi connectivity index (χ4n) is 3.35. The number of ether oxygens (including phenoxy) is 1. The lowest BCUT2D eigenvalue weighted by atomic mass is 10.1. The van der Waals surface area contributed by atoms with Gasteiger partial charge in [0.25, 0.3) is 0 Å². The van der Waals surface area contributed by atoms with Crippen LogP contribution >= 0.6 is 11.6 Å².